The molecule has 0 radical (unpaired) electrons. The van der Waals surface area contributed by atoms with Gasteiger partial charge in [0, 0.05) is 22.7 Å². The van der Waals surface area contributed by atoms with E-state index in [-0.39, 0.29) is 29.0 Å². The highest BCUT2D eigenvalue weighted by atomic mass is 127. The molecule has 2 aliphatic rings. The van der Waals surface area contributed by atoms with Crippen LogP contribution in [0.4, 0.5) is 15.1 Å². The fourth-order valence-corrected chi connectivity index (χ4v) is 5.63. The molecule has 0 spiro atoms. The van der Waals surface area contributed by atoms with Crippen LogP contribution in [0.5, 0.6) is 0 Å². The van der Waals surface area contributed by atoms with Crippen molar-refractivity contribution in [2.75, 3.05) is 25.0 Å². The van der Waals surface area contributed by atoms with Crippen LogP contribution in [0, 0.1) is 14.8 Å². The third kappa shape index (κ3) is 5.04. The predicted molar refractivity (Wildman–Crippen MR) is 130 cm³/mol. The van der Waals surface area contributed by atoms with Crippen LogP contribution >= 0.6 is 33.9 Å². The molecule has 9 heteroatoms. The van der Waals surface area contributed by atoms with E-state index >= 15 is 0 Å². The Morgan fingerprint density at radius 1 is 1.35 bits per heavy atom. The Balaban J connectivity index is 1.75. The average Bonchev–Trinajstić information content (AvgIpc) is 3.01. The van der Waals surface area contributed by atoms with E-state index in [9.17, 15) is 14.0 Å². The average molecular weight is 556 g/mol. The van der Waals surface area contributed by atoms with Gasteiger partial charge in [-0.1, -0.05) is 13.8 Å². The van der Waals surface area contributed by atoms with Gasteiger partial charge in [0.15, 0.2) is 0 Å². The molecule has 1 aromatic heterocycles. The zero-order valence-corrected chi connectivity index (χ0v) is 20.5. The van der Waals surface area contributed by atoms with E-state index in [1.54, 1.807) is 12.1 Å². The van der Waals surface area contributed by atoms with Crippen molar-refractivity contribution in [1.29, 1.82) is 0 Å². The molecule has 0 aliphatic carbocycles. The highest BCUT2D eigenvalue weighted by Gasteiger charge is 2.35. The molecule has 1 aromatic carbocycles. The first-order valence-electron chi connectivity index (χ1n) is 10.4. The van der Waals surface area contributed by atoms with E-state index in [0.29, 0.717) is 28.4 Å². The molecule has 31 heavy (non-hydrogen) atoms. The molecule has 0 unspecified atom stereocenters. The lowest BCUT2D eigenvalue weighted by molar-refractivity contribution is 0.0929. The standard InChI is InChI=1S/C22H26FIN4O2S/c1-22(2)9-14-17(19(29)27-13-4-3-7-25-10-13)21(31-18(14)20(30)26-11-22)28-16-6-5-12(24)8-15(16)23/h5-6,8,13,25,28H,3-4,7,9-11H2,1-2H3,(H,26,30)(H,27,29)/t13-/m1/s1. The van der Waals surface area contributed by atoms with Crippen molar-refractivity contribution in [3.63, 3.8) is 0 Å². The van der Waals surface area contributed by atoms with Gasteiger partial charge in [-0.25, -0.2) is 4.39 Å². The zero-order chi connectivity index (χ0) is 22.2. The van der Waals surface area contributed by atoms with Crippen LogP contribution < -0.4 is 21.3 Å². The van der Waals surface area contributed by atoms with Gasteiger partial charge in [-0.05, 0) is 77.6 Å². The molecule has 2 aliphatic heterocycles. The summed E-state index contributed by atoms with van der Waals surface area (Å²) < 4.78 is 15.3. The second-order valence-corrected chi connectivity index (χ2v) is 11.2. The third-order valence-electron chi connectivity index (χ3n) is 5.63. The predicted octanol–water partition coefficient (Wildman–Crippen LogP) is 4.03. The van der Waals surface area contributed by atoms with E-state index in [4.69, 9.17) is 0 Å². The first-order valence-corrected chi connectivity index (χ1v) is 12.3. The van der Waals surface area contributed by atoms with Crippen molar-refractivity contribution in [3.8, 4) is 0 Å². The van der Waals surface area contributed by atoms with Crippen LogP contribution in [0.25, 0.3) is 0 Å². The lowest BCUT2D eigenvalue weighted by Crippen LogP contribution is -2.45. The van der Waals surface area contributed by atoms with Crippen LogP contribution in [0.2, 0.25) is 0 Å². The molecule has 1 fully saturated rings. The highest BCUT2D eigenvalue weighted by Crippen LogP contribution is 2.40. The van der Waals surface area contributed by atoms with E-state index < -0.39 is 5.82 Å². The maximum absolute atomic E-state index is 14.5. The van der Waals surface area contributed by atoms with Gasteiger partial charge >= 0.3 is 0 Å². The fourth-order valence-electron chi connectivity index (χ4n) is 4.03. The molecule has 1 saturated heterocycles. The molecular weight excluding hydrogens is 530 g/mol. The molecule has 1 atom stereocenters. The Labute approximate surface area is 198 Å². The van der Waals surface area contributed by atoms with Crippen molar-refractivity contribution in [2.45, 2.75) is 39.2 Å². The second kappa shape index (κ2) is 9.03. The maximum atomic E-state index is 14.5. The van der Waals surface area contributed by atoms with E-state index in [1.165, 1.54) is 17.4 Å². The third-order valence-corrected chi connectivity index (χ3v) is 7.45. The Hall–Kier alpha value is -1.72. The smallest absolute Gasteiger partial charge is 0.261 e. The van der Waals surface area contributed by atoms with Gasteiger partial charge in [-0.15, -0.1) is 11.3 Å². The normalized spacial score (nSPS) is 20.4. The topological polar surface area (TPSA) is 82.3 Å². The molecule has 6 nitrogen and oxygen atoms in total. The van der Waals surface area contributed by atoms with Crippen LogP contribution in [-0.2, 0) is 6.42 Å². The first-order chi connectivity index (χ1) is 14.7. The number of carbonyl (C=O) groups excluding carboxylic acids is 2. The molecule has 4 N–H and O–H groups in total. The van der Waals surface area contributed by atoms with E-state index in [2.05, 4.69) is 57.7 Å². The number of piperidine rings is 1. The molecule has 0 saturated carbocycles. The van der Waals surface area contributed by atoms with Gasteiger partial charge < -0.3 is 21.3 Å². The minimum atomic E-state index is -0.400. The van der Waals surface area contributed by atoms with Crippen molar-refractivity contribution in [1.82, 2.24) is 16.0 Å². The van der Waals surface area contributed by atoms with E-state index in [0.717, 1.165) is 35.1 Å². The highest BCUT2D eigenvalue weighted by molar-refractivity contribution is 14.1. The van der Waals surface area contributed by atoms with Crippen LogP contribution in [-0.4, -0.2) is 37.5 Å². The van der Waals surface area contributed by atoms with Gasteiger partial charge in [-0.3, -0.25) is 9.59 Å². The number of nitrogens with one attached hydrogen (secondary N) is 4. The Morgan fingerprint density at radius 3 is 2.87 bits per heavy atom. The number of rotatable bonds is 4. The number of hydrogen-bond acceptors (Lipinski definition) is 5. The summed E-state index contributed by atoms with van der Waals surface area (Å²) >= 11 is 3.27. The van der Waals surface area contributed by atoms with Gasteiger partial charge in [0.2, 0.25) is 0 Å². The SMILES string of the molecule is CC1(C)CNC(=O)c2sc(Nc3ccc(I)cc3F)c(C(=O)N[C@@H]3CCCNC3)c2C1. The quantitative estimate of drug-likeness (QED) is 0.429. The summed E-state index contributed by atoms with van der Waals surface area (Å²) in [5.74, 6) is -0.802. The number of anilines is 2. The summed E-state index contributed by atoms with van der Waals surface area (Å²) in [6, 6.07) is 4.92. The Kier molecular flexibility index (Phi) is 6.55. The molecule has 4 rings (SSSR count). The van der Waals surface area contributed by atoms with Gasteiger partial charge in [-0.2, -0.15) is 0 Å². The summed E-state index contributed by atoms with van der Waals surface area (Å²) in [6.07, 6.45) is 2.49. The molecule has 166 valence electrons. The maximum Gasteiger partial charge on any atom is 0.261 e. The molecule has 0 bridgehead atoms. The Morgan fingerprint density at radius 2 is 2.16 bits per heavy atom. The van der Waals surface area contributed by atoms with Gasteiger partial charge in [0.05, 0.1) is 16.1 Å². The molecule has 3 heterocycles. The summed E-state index contributed by atoms with van der Waals surface area (Å²) in [6.45, 7) is 6.35. The van der Waals surface area contributed by atoms with Crippen molar-refractivity contribution < 1.29 is 14.0 Å². The number of carbonyl (C=O) groups is 2. The van der Waals surface area contributed by atoms with Crippen LogP contribution in [0.3, 0.4) is 0 Å². The number of fused-ring (bicyclic) bond motifs is 1. The lowest BCUT2D eigenvalue weighted by atomic mass is 9.85. The summed E-state index contributed by atoms with van der Waals surface area (Å²) in [5.41, 5.74) is 1.27. The summed E-state index contributed by atoms with van der Waals surface area (Å²) in [5, 5.41) is 13.0. The monoisotopic (exact) mass is 556 g/mol. The van der Waals surface area contributed by atoms with Gasteiger partial charge in [0.1, 0.15) is 10.8 Å². The number of halogens is 2. The minimum absolute atomic E-state index is 0.0345. The number of benzene rings is 1. The molecule has 2 aromatic rings. The number of hydrogen-bond donors (Lipinski definition) is 4. The molecule has 2 amide bonds. The fraction of sp³-hybridized carbons (Fsp3) is 0.455. The van der Waals surface area contributed by atoms with E-state index in [1.807, 2.05) is 0 Å². The minimum Gasteiger partial charge on any atom is -0.351 e. The molecular formula is C22H26FIN4O2S. The number of thiophene rings is 1. The van der Waals surface area contributed by atoms with Crippen molar-refractivity contribution in [3.05, 3.63) is 43.6 Å². The number of amides is 2. The summed E-state index contributed by atoms with van der Waals surface area (Å²) in [4.78, 5) is 26.7. The van der Waals surface area contributed by atoms with Crippen LogP contribution in [0.15, 0.2) is 18.2 Å². The largest absolute Gasteiger partial charge is 0.351 e. The van der Waals surface area contributed by atoms with Crippen molar-refractivity contribution >= 4 is 56.4 Å². The van der Waals surface area contributed by atoms with Crippen LogP contribution in [0.1, 0.15) is 52.3 Å². The van der Waals surface area contributed by atoms with Gasteiger partial charge in [0.25, 0.3) is 11.8 Å². The first kappa shape index (κ1) is 22.5. The Bertz CT molecular complexity index is 1020. The van der Waals surface area contributed by atoms with Crippen molar-refractivity contribution in [2.24, 2.45) is 5.41 Å². The second-order valence-electron chi connectivity index (χ2n) is 8.90. The zero-order valence-electron chi connectivity index (χ0n) is 17.5. The summed E-state index contributed by atoms with van der Waals surface area (Å²) in [7, 11) is 0. The lowest BCUT2D eigenvalue weighted by Gasteiger charge is -2.25.